The molecule has 0 radical (unpaired) electrons. The lowest BCUT2D eigenvalue weighted by Crippen LogP contribution is -2.35. The molecule has 3 unspecified atom stereocenters. The number of nitrogens with zero attached hydrogens (tertiary/aromatic N) is 2. The molecule has 1 aromatic heterocycles. The summed E-state index contributed by atoms with van der Waals surface area (Å²) in [6.07, 6.45) is 8.80. The highest BCUT2D eigenvalue weighted by Gasteiger charge is 2.32. The predicted octanol–water partition coefficient (Wildman–Crippen LogP) is 3.29. The number of hydrogen-bond acceptors (Lipinski definition) is 2. The molecule has 3 heteroatoms. The van der Waals surface area contributed by atoms with Crippen LogP contribution >= 0.6 is 0 Å². The Morgan fingerprint density at radius 1 is 1.39 bits per heavy atom. The molecule has 0 bridgehead atoms. The average molecular weight is 249 g/mol. The maximum atomic E-state index is 4.34. The molecule has 18 heavy (non-hydrogen) atoms. The van der Waals surface area contributed by atoms with Gasteiger partial charge in [0.05, 0.1) is 11.7 Å². The Kier molecular flexibility index (Phi) is 4.81. The molecule has 3 nitrogen and oxygen atoms in total. The van der Waals surface area contributed by atoms with Gasteiger partial charge in [-0.3, -0.25) is 4.68 Å². The summed E-state index contributed by atoms with van der Waals surface area (Å²) in [5.41, 5.74) is 1.35. The molecule has 0 saturated heterocycles. The first-order valence-corrected chi connectivity index (χ1v) is 7.49. The molecule has 0 aliphatic heterocycles. The van der Waals surface area contributed by atoms with E-state index in [0.29, 0.717) is 6.04 Å². The summed E-state index contributed by atoms with van der Waals surface area (Å²) >= 11 is 0. The Morgan fingerprint density at radius 3 is 2.78 bits per heavy atom. The van der Waals surface area contributed by atoms with Crippen LogP contribution in [0.5, 0.6) is 0 Å². The summed E-state index contributed by atoms with van der Waals surface area (Å²) in [7, 11) is 2.06. The van der Waals surface area contributed by atoms with Crippen molar-refractivity contribution in [1.82, 2.24) is 15.1 Å². The van der Waals surface area contributed by atoms with E-state index >= 15 is 0 Å². The van der Waals surface area contributed by atoms with E-state index in [0.717, 1.165) is 18.4 Å². The zero-order valence-corrected chi connectivity index (χ0v) is 12.0. The van der Waals surface area contributed by atoms with Crippen molar-refractivity contribution in [2.75, 3.05) is 6.54 Å². The normalized spacial score (nSPS) is 26.2. The fourth-order valence-corrected chi connectivity index (χ4v) is 3.57. The number of rotatable bonds is 5. The molecular weight excluding hydrogens is 222 g/mol. The predicted molar refractivity (Wildman–Crippen MR) is 75.4 cm³/mol. The Hall–Kier alpha value is -0.830. The summed E-state index contributed by atoms with van der Waals surface area (Å²) < 4.78 is 2.04. The van der Waals surface area contributed by atoms with Crippen molar-refractivity contribution in [3.05, 3.63) is 18.0 Å². The monoisotopic (exact) mass is 249 g/mol. The molecule has 2 rings (SSSR count). The van der Waals surface area contributed by atoms with Crippen LogP contribution in [0.4, 0.5) is 0 Å². The Bertz CT molecular complexity index is 358. The maximum Gasteiger partial charge on any atom is 0.0553 e. The minimum atomic E-state index is 0.479. The summed E-state index contributed by atoms with van der Waals surface area (Å²) in [6, 6.07) is 2.65. The SMILES string of the molecule is CCNC(c1ccnn1C)C1CCCCC1CC. The maximum absolute atomic E-state index is 4.34. The van der Waals surface area contributed by atoms with Crippen molar-refractivity contribution in [3.63, 3.8) is 0 Å². The van der Waals surface area contributed by atoms with E-state index in [1.807, 2.05) is 10.9 Å². The van der Waals surface area contributed by atoms with Crippen molar-refractivity contribution < 1.29 is 0 Å². The summed E-state index contributed by atoms with van der Waals surface area (Å²) in [6.45, 7) is 5.57. The first kappa shape index (κ1) is 13.6. The second kappa shape index (κ2) is 6.37. The second-order valence-corrected chi connectivity index (χ2v) is 5.53. The molecule has 1 aromatic rings. The van der Waals surface area contributed by atoms with Crippen LogP contribution in [0.1, 0.15) is 57.7 Å². The van der Waals surface area contributed by atoms with E-state index in [2.05, 4.69) is 37.4 Å². The molecule has 1 fully saturated rings. The molecule has 0 amide bonds. The van der Waals surface area contributed by atoms with Gasteiger partial charge in [-0.05, 0) is 30.9 Å². The van der Waals surface area contributed by atoms with E-state index in [-0.39, 0.29) is 0 Å². The molecule has 1 aliphatic rings. The van der Waals surface area contributed by atoms with Crippen LogP contribution in [0.25, 0.3) is 0 Å². The van der Waals surface area contributed by atoms with Gasteiger partial charge in [0, 0.05) is 13.2 Å². The molecule has 0 aromatic carbocycles. The molecule has 0 spiro atoms. The Morgan fingerprint density at radius 2 is 2.17 bits per heavy atom. The molecule has 1 heterocycles. The lowest BCUT2D eigenvalue weighted by molar-refractivity contribution is 0.172. The highest BCUT2D eigenvalue weighted by Crippen LogP contribution is 2.40. The lowest BCUT2D eigenvalue weighted by Gasteiger charge is -2.37. The van der Waals surface area contributed by atoms with E-state index in [4.69, 9.17) is 0 Å². The Balaban J connectivity index is 2.20. The van der Waals surface area contributed by atoms with E-state index in [9.17, 15) is 0 Å². The summed E-state index contributed by atoms with van der Waals surface area (Å²) in [5, 5.41) is 8.04. The van der Waals surface area contributed by atoms with Gasteiger partial charge in [0.2, 0.25) is 0 Å². The second-order valence-electron chi connectivity index (χ2n) is 5.53. The summed E-state index contributed by atoms with van der Waals surface area (Å²) in [5.74, 6) is 1.65. The third-order valence-electron chi connectivity index (χ3n) is 4.52. The van der Waals surface area contributed by atoms with Gasteiger partial charge in [-0.15, -0.1) is 0 Å². The van der Waals surface area contributed by atoms with Crippen molar-refractivity contribution in [3.8, 4) is 0 Å². The molecule has 3 atom stereocenters. The van der Waals surface area contributed by atoms with Crippen LogP contribution in [-0.4, -0.2) is 16.3 Å². The largest absolute Gasteiger partial charge is 0.309 e. The zero-order chi connectivity index (χ0) is 13.0. The van der Waals surface area contributed by atoms with Crippen LogP contribution in [0.2, 0.25) is 0 Å². The fraction of sp³-hybridized carbons (Fsp3) is 0.800. The highest BCUT2D eigenvalue weighted by molar-refractivity contribution is 5.09. The molecule has 1 saturated carbocycles. The molecular formula is C15H27N3. The first-order chi connectivity index (χ1) is 8.77. The van der Waals surface area contributed by atoms with Gasteiger partial charge in [-0.1, -0.05) is 39.5 Å². The van der Waals surface area contributed by atoms with Gasteiger partial charge >= 0.3 is 0 Å². The number of nitrogens with one attached hydrogen (secondary N) is 1. The quantitative estimate of drug-likeness (QED) is 0.868. The van der Waals surface area contributed by atoms with Crippen LogP contribution in [0, 0.1) is 11.8 Å². The third kappa shape index (κ3) is 2.77. The lowest BCUT2D eigenvalue weighted by atomic mass is 9.73. The van der Waals surface area contributed by atoms with Crippen molar-refractivity contribution >= 4 is 0 Å². The minimum absolute atomic E-state index is 0.479. The van der Waals surface area contributed by atoms with Gasteiger partial charge in [0.15, 0.2) is 0 Å². The fourth-order valence-electron chi connectivity index (χ4n) is 3.57. The minimum Gasteiger partial charge on any atom is -0.309 e. The number of aryl methyl sites for hydroxylation is 1. The van der Waals surface area contributed by atoms with Gasteiger partial charge < -0.3 is 5.32 Å². The Labute approximate surface area is 111 Å². The molecule has 102 valence electrons. The zero-order valence-electron chi connectivity index (χ0n) is 12.0. The van der Waals surface area contributed by atoms with E-state index in [1.165, 1.54) is 37.8 Å². The van der Waals surface area contributed by atoms with Crippen LogP contribution in [0.15, 0.2) is 12.3 Å². The molecule has 1 N–H and O–H groups in total. The van der Waals surface area contributed by atoms with Gasteiger partial charge in [-0.25, -0.2) is 0 Å². The average Bonchev–Trinajstić information content (AvgIpc) is 2.82. The third-order valence-corrected chi connectivity index (χ3v) is 4.52. The van der Waals surface area contributed by atoms with Crippen molar-refractivity contribution in [2.24, 2.45) is 18.9 Å². The smallest absolute Gasteiger partial charge is 0.0553 e. The highest BCUT2D eigenvalue weighted by atomic mass is 15.3. The van der Waals surface area contributed by atoms with Gasteiger partial charge in [0.25, 0.3) is 0 Å². The van der Waals surface area contributed by atoms with Crippen molar-refractivity contribution in [2.45, 2.75) is 52.0 Å². The summed E-state index contributed by atoms with van der Waals surface area (Å²) in [4.78, 5) is 0. The van der Waals surface area contributed by atoms with E-state index in [1.54, 1.807) is 0 Å². The number of hydrogen-bond donors (Lipinski definition) is 1. The first-order valence-electron chi connectivity index (χ1n) is 7.49. The number of aromatic nitrogens is 2. The van der Waals surface area contributed by atoms with Crippen LogP contribution in [-0.2, 0) is 7.05 Å². The standard InChI is InChI=1S/C15H27N3/c1-4-12-8-6-7-9-13(12)15(16-5-2)14-10-11-17-18(14)3/h10-13,15-16H,4-9H2,1-3H3. The van der Waals surface area contributed by atoms with Crippen LogP contribution in [0.3, 0.4) is 0 Å². The van der Waals surface area contributed by atoms with Gasteiger partial charge in [-0.2, -0.15) is 5.10 Å². The van der Waals surface area contributed by atoms with E-state index < -0.39 is 0 Å². The van der Waals surface area contributed by atoms with Crippen molar-refractivity contribution in [1.29, 1.82) is 0 Å². The van der Waals surface area contributed by atoms with Crippen LogP contribution < -0.4 is 5.32 Å². The topological polar surface area (TPSA) is 29.9 Å². The molecule has 1 aliphatic carbocycles. The van der Waals surface area contributed by atoms with Gasteiger partial charge in [0.1, 0.15) is 0 Å².